The van der Waals surface area contributed by atoms with Gasteiger partial charge in [0.1, 0.15) is 21.9 Å². The molecule has 0 spiro atoms. The van der Waals surface area contributed by atoms with Gasteiger partial charge in [-0.25, -0.2) is 4.79 Å². The standard InChI is InChI=1S/C20H18ClNO4S2/c1-11(2)8-15(19(24)25)22-18(23)17(28-20(22)27)10-14-6-7-16(26-14)12-4-3-5-13(21)9-12/h3-7,9-11,15H,8H2,1-2H3,(H,24,25)/b17-10+/t15-/m1/s1. The zero-order valence-electron chi connectivity index (χ0n) is 15.2. The fourth-order valence-electron chi connectivity index (χ4n) is 2.87. The van der Waals surface area contributed by atoms with E-state index in [0.29, 0.717) is 27.9 Å². The maximum Gasteiger partial charge on any atom is 0.326 e. The number of aliphatic carboxylic acids is 1. The second kappa shape index (κ2) is 8.51. The van der Waals surface area contributed by atoms with Crippen LogP contribution in [-0.2, 0) is 9.59 Å². The van der Waals surface area contributed by atoms with Crippen molar-refractivity contribution in [1.82, 2.24) is 4.90 Å². The van der Waals surface area contributed by atoms with Gasteiger partial charge in [0, 0.05) is 16.7 Å². The molecule has 1 aromatic heterocycles. The number of furan rings is 1. The molecular formula is C20H18ClNO4S2. The molecule has 2 aromatic rings. The number of hydrogen-bond donors (Lipinski definition) is 1. The molecule has 3 rings (SSSR count). The average Bonchev–Trinajstić information content (AvgIpc) is 3.18. The van der Waals surface area contributed by atoms with E-state index in [0.717, 1.165) is 17.3 Å². The van der Waals surface area contributed by atoms with Crippen molar-refractivity contribution < 1.29 is 19.1 Å². The summed E-state index contributed by atoms with van der Waals surface area (Å²) in [6.07, 6.45) is 1.91. The molecule has 8 heteroatoms. The summed E-state index contributed by atoms with van der Waals surface area (Å²) in [6, 6.07) is 9.81. The average molecular weight is 436 g/mol. The summed E-state index contributed by atoms with van der Waals surface area (Å²) in [5, 5.41) is 10.1. The van der Waals surface area contributed by atoms with E-state index in [2.05, 4.69) is 0 Å². The first kappa shape index (κ1) is 20.6. The van der Waals surface area contributed by atoms with Crippen molar-refractivity contribution in [2.24, 2.45) is 5.92 Å². The Morgan fingerprint density at radius 1 is 1.36 bits per heavy atom. The third kappa shape index (κ3) is 4.48. The Balaban J connectivity index is 1.85. The molecule has 1 saturated heterocycles. The number of amides is 1. The van der Waals surface area contributed by atoms with E-state index in [9.17, 15) is 14.7 Å². The molecule has 5 nitrogen and oxygen atoms in total. The minimum Gasteiger partial charge on any atom is -0.480 e. The van der Waals surface area contributed by atoms with Crippen molar-refractivity contribution >= 4 is 57.9 Å². The number of carbonyl (C=O) groups is 2. The zero-order chi connectivity index (χ0) is 20.4. The molecule has 0 unspecified atom stereocenters. The molecule has 0 saturated carbocycles. The van der Waals surface area contributed by atoms with Crippen LogP contribution in [-0.4, -0.2) is 32.2 Å². The molecule has 1 aliphatic heterocycles. The molecular weight excluding hydrogens is 418 g/mol. The van der Waals surface area contributed by atoms with Crippen LogP contribution in [0.5, 0.6) is 0 Å². The second-order valence-electron chi connectivity index (χ2n) is 6.75. The van der Waals surface area contributed by atoms with Gasteiger partial charge in [0.05, 0.1) is 4.91 Å². The molecule has 0 radical (unpaired) electrons. The summed E-state index contributed by atoms with van der Waals surface area (Å²) in [7, 11) is 0. The number of benzene rings is 1. The van der Waals surface area contributed by atoms with Gasteiger partial charge in [-0.2, -0.15) is 0 Å². The second-order valence-corrected chi connectivity index (χ2v) is 8.86. The summed E-state index contributed by atoms with van der Waals surface area (Å²) < 4.78 is 6.04. The molecule has 2 heterocycles. The Hall–Kier alpha value is -2.09. The molecule has 1 aromatic carbocycles. The van der Waals surface area contributed by atoms with Gasteiger partial charge in [0.15, 0.2) is 0 Å². The fourth-order valence-corrected chi connectivity index (χ4v) is 4.40. The largest absolute Gasteiger partial charge is 0.480 e. The maximum atomic E-state index is 12.8. The summed E-state index contributed by atoms with van der Waals surface area (Å²) in [6.45, 7) is 3.81. The molecule has 0 bridgehead atoms. The number of nitrogens with zero attached hydrogens (tertiary/aromatic N) is 1. The number of thioether (sulfide) groups is 1. The summed E-state index contributed by atoms with van der Waals surface area (Å²) in [5.74, 6) is -0.269. The van der Waals surface area contributed by atoms with E-state index in [4.69, 9.17) is 28.2 Å². The number of thiocarbonyl (C=S) groups is 1. The summed E-state index contributed by atoms with van der Waals surface area (Å²) in [4.78, 5) is 26.0. The highest BCUT2D eigenvalue weighted by atomic mass is 35.5. The first-order valence-electron chi connectivity index (χ1n) is 8.62. The summed E-state index contributed by atoms with van der Waals surface area (Å²) >= 11 is 12.4. The number of rotatable bonds is 6. The monoisotopic (exact) mass is 435 g/mol. The van der Waals surface area contributed by atoms with Crippen LogP contribution in [0.4, 0.5) is 0 Å². The SMILES string of the molecule is CC(C)C[C@H](C(=O)O)N1C(=O)/C(=C\c2ccc(-c3cccc(Cl)c3)o2)SC1=S. The van der Waals surface area contributed by atoms with E-state index in [1.165, 1.54) is 4.90 Å². The molecule has 1 fully saturated rings. The smallest absolute Gasteiger partial charge is 0.326 e. The van der Waals surface area contributed by atoms with Crippen LogP contribution in [0.25, 0.3) is 17.4 Å². The number of carboxylic acids is 1. The van der Waals surface area contributed by atoms with Crippen LogP contribution >= 0.6 is 35.6 Å². The lowest BCUT2D eigenvalue weighted by Gasteiger charge is -2.24. The molecule has 1 aliphatic rings. The number of carbonyl (C=O) groups excluding carboxylic acids is 1. The highest BCUT2D eigenvalue weighted by Gasteiger charge is 2.40. The molecule has 1 atom stereocenters. The van der Waals surface area contributed by atoms with Crippen molar-refractivity contribution in [3.8, 4) is 11.3 Å². The Morgan fingerprint density at radius 2 is 2.11 bits per heavy atom. The lowest BCUT2D eigenvalue weighted by atomic mass is 10.0. The third-order valence-corrected chi connectivity index (χ3v) is 5.69. The predicted molar refractivity (Wildman–Crippen MR) is 115 cm³/mol. The Morgan fingerprint density at radius 3 is 2.75 bits per heavy atom. The fraction of sp³-hybridized carbons (Fsp3) is 0.250. The molecule has 0 aliphatic carbocycles. The number of hydrogen-bond acceptors (Lipinski definition) is 5. The molecule has 1 amide bonds. The van der Waals surface area contributed by atoms with Gasteiger partial charge in [0.25, 0.3) is 5.91 Å². The minimum absolute atomic E-state index is 0.111. The van der Waals surface area contributed by atoms with Gasteiger partial charge in [-0.15, -0.1) is 0 Å². The first-order valence-corrected chi connectivity index (χ1v) is 10.2. The van der Waals surface area contributed by atoms with Crippen LogP contribution in [0.2, 0.25) is 5.02 Å². The number of halogens is 1. The minimum atomic E-state index is -1.06. The van der Waals surface area contributed by atoms with Gasteiger partial charge in [-0.1, -0.05) is 61.6 Å². The van der Waals surface area contributed by atoms with E-state index in [1.54, 1.807) is 30.3 Å². The topological polar surface area (TPSA) is 70.8 Å². The number of carboxylic acid groups (broad SMARTS) is 1. The van der Waals surface area contributed by atoms with Crippen molar-refractivity contribution in [2.45, 2.75) is 26.3 Å². The highest BCUT2D eigenvalue weighted by molar-refractivity contribution is 8.26. The van der Waals surface area contributed by atoms with Gasteiger partial charge in [-0.05, 0) is 36.6 Å². The molecule has 1 N–H and O–H groups in total. The maximum absolute atomic E-state index is 12.8. The molecule has 146 valence electrons. The van der Waals surface area contributed by atoms with E-state index >= 15 is 0 Å². The Bertz CT molecular complexity index is 967. The van der Waals surface area contributed by atoms with Crippen molar-refractivity contribution in [3.63, 3.8) is 0 Å². The lowest BCUT2D eigenvalue weighted by molar-refractivity contribution is -0.145. The third-order valence-electron chi connectivity index (χ3n) is 4.12. The van der Waals surface area contributed by atoms with Crippen LogP contribution in [0.15, 0.2) is 45.7 Å². The predicted octanol–water partition coefficient (Wildman–Crippen LogP) is 5.30. The Kier molecular flexibility index (Phi) is 6.27. The van der Waals surface area contributed by atoms with E-state index in [-0.39, 0.29) is 10.2 Å². The van der Waals surface area contributed by atoms with Crippen LogP contribution in [0.1, 0.15) is 26.0 Å². The van der Waals surface area contributed by atoms with Crippen molar-refractivity contribution in [2.75, 3.05) is 0 Å². The van der Waals surface area contributed by atoms with Crippen LogP contribution in [0.3, 0.4) is 0 Å². The van der Waals surface area contributed by atoms with Gasteiger partial charge in [0.2, 0.25) is 0 Å². The van der Waals surface area contributed by atoms with Gasteiger partial charge < -0.3 is 9.52 Å². The Labute approximate surface area is 177 Å². The van der Waals surface area contributed by atoms with Crippen molar-refractivity contribution in [1.29, 1.82) is 0 Å². The van der Waals surface area contributed by atoms with Crippen LogP contribution in [0, 0.1) is 5.92 Å². The van der Waals surface area contributed by atoms with Crippen LogP contribution < -0.4 is 0 Å². The van der Waals surface area contributed by atoms with Gasteiger partial charge >= 0.3 is 5.97 Å². The normalized spacial score (nSPS) is 17.0. The quantitative estimate of drug-likeness (QED) is 0.490. The summed E-state index contributed by atoms with van der Waals surface area (Å²) in [5.41, 5.74) is 0.822. The lowest BCUT2D eigenvalue weighted by Crippen LogP contribution is -2.44. The molecule has 28 heavy (non-hydrogen) atoms. The zero-order valence-corrected chi connectivity index (χ0v) is 17.6. The first-order chi connectivity index (χ1) is 13.3. The highest BCUT2D eigenvalue weighted by Crippen LogP contribution is 2.36. The van der Waals surface area contributed by atoms with Gasteiger partial charge in [-0.3, -0.25) is 9.69 Å². The van der Waals surface area contributed by atoms with E-state index in [1.807, 2.05) is 26.0 Å². The van der Waals surface area contributed by atoms with Crippen molar-refractivity contribution in [3.05, 3.63) is 52.1 Å². The van der Waals surface area contributed by atoms with E-state index < -0.39 is 17.9 Å².